The summed E-state index contributed by atoms with van der Waals surface area (Å²) in [5.74, 6) is -1.43. The molecule has 30 heavy (non-hydrogen) atoms. The number of hydrogen-bond donors (Lipinski definition) is 3. The molecule has 0 unspecified atom stereocenters. The van der Waals surface area contributed by atoms with Gasteiger partial charge in [0, 0.05) is 26.9 Å². The molecule has 0 fully saturated rings. The average Bonchev–Trinajstić information content (AvgIpc) is 2.72. The number of anilines is 1. The Labute approximate surface area is 187 Å². The zero-order valence-electron chi connectivity index (χ0n) is 15.2. The molecule has 152 valence electrons. The van der Waals surface area contributed by atoms with Gasteiger partial charge in [-0.2, -0.15) is 0 Å². The van der Waals surface area contributed by atoms with Crippen LogP contribution in [-0.4, -0.2) is 17.7 Å². The van der Waals surface area contributed by atoms with Gasteiger partial charge in [-0.3, -0.25) is 25.2 Å². The first-order valence-corrected chi connectivity index (χ1v) is 9.69. The maximum absolute atomic E-state index is 12.2. The zero-order chi connectivity index (χ0) is 21.7. The summed E-state index contributed by atoms with van der Waals surface area (Å²) in [5.41, 5.74) is 5.98. The van der Waals surface area contributed by atoms with Crippen LogP contribution in [0.3, 0.4) is 0 Å². The van der Waals surface area contributed by atoms with Crippen molar-refractivity contribution in [3.8, 4) is 0 Å². The SMILES string of the molecule is O=C(NNC(=O)c1ccc(Cl)cc1Cl)c1ccc(NC(=O)c2ccc(Cl)cc2)cc1. The van der Waals surface area contributed by atoms with E-state index in [1.807, 2.05) is 0 Å². The first-order chi connectivity index (χ1) is 14.3. The third-order valence-corrected chi connectivity index (χ3v) is 4.78. The number of hydrazine groups is 1. The lowest BCUT2D eigenvalue weighted by Crippen LogP contribution is -2.41. The summed E-state index contributed by atoms with van der Waals surface area (Å²) in [4.78, 5) is 36.6. The highest BCUT2D eigenvalue weighted by Crippen LogP contribution is 2.20. The number of nitrogens with one attached hydrogen (secondary N) is 3. The Balaban J connectivity index is 1.57. The summed E-state index contributed by atoms with van der Waals surface area (Å²) in [6, 6.07) is 17.0. The van der Waals surface area contributed by atoms with Crippen LogP contribution in [0.1, 0.15) is 31.1 Å². The monoisotopic (exact) mass is 461 g/mol. The lowest BCUT2D eigenvalue weighted by molar-refractivity contribution is 0.0847. The van der Waals surface area contributed by atoms with E-state index in [0.717, 1.165) is 0 Å². The van der Waals surface area contributed by atoms with E-state index in [9.17, 15) is 14.4 Å². The first kappa shape index (κ1) is 21.6. The van der Waals surface area contributed by atoms with Crippen LogP contribution in [0.5, 0.6) is 0 Å². The number of amides is 3. The number of rotatable bonds is 4. The van der Waals surface area contributed by atoms with E-state index in [0.29, 0.717) is 21.3 Å². The standard InChI is InChI=1S/C21H14Cl3N3O3/c22-14-5-1-12(2-6-14)19(28)25-16-8-3-13(4-9-16)20(29)26-27-21(30)17-10-7-15(23)11-18(17)24/h1-11H,(H,25,28)(H,26,29)(H,27,30). The Bertz CT molecular complexity index is 1100. The molecule has 0 aliphatic heterocycles. The Morgan fingerprint density at radius 3 is 1.77 bits per heavy atom. The van der Waals surface area contributed by atoms with E-state index in [1.54, 1.807) is 36.4 Å². The predicted molar refractivity (Wildman–Crippen MR) is 117 cm³/mol. The summed E-state index contributed by atoms with van der Waals surface area (Å²) in [5, 5.41) is 3.81. The largest absolute Gasteiger partial charge is 0.322 e. The van der Waals surface area contributed by atoms with Crippen molar-refractivity contribution in [1.29, 1.82) is 0 Å². The normalized spacial score (nSPS) is 10.2. The molecule has 0 atom stereocenters. The van der Waals surface area contributed by atoms with E-state index in [2.05, 4.69) is 16.2 Å². The maximum atomic E-state index is 12.2. The highest BCUT2D eigenvalue weighted by Gasteiger charge is 2.13. The number of halogens is 3. The third kappa shape index (κ3) is 5.51. The number of carbonyl (C=O) groups is 3. The molecule has 0 aliphatic carbocycles. The van der Waals surface area contributed by atoms with Gasteiger partial charge in [0.05, 0.1) is 10.6 Å². The van der Waals surface area contributed by atoms with Gasteiger partial charge in [0.2, 0.25) is 0 Å². The fourth-order valence-corrected chi connectivity index (χ4v) is 3.06. The minimum atomic E-state index is -0.586. The van der Waals surface area contributed by atoms with Crippen LogP contribution in [0.2, 0.25) is 15.1 Å². The van der Waals surface area contributed by atoms with Gasteiger partial charge >= 0.3 is 0 Å². The quantitative estimate of drug-likeness (QED) is 0.478. The molecule has 0 bridgehead atoms. The van der Waals surface area contributed by atoms with Crippen LogP contribution in [0.4, 0.5) is 5.69 Å². The average molecular weight is 463 g/mol. The van der Waals surface area contributed by atoms with Gasteiger partial charge in [0.15, 0.2) is 0 Å². The van der Waals surface area contributed by atoms with Crippen LogP contribution in [0.25, 0.3) is 0 Å². The maximum Gasteiger partial charge on any atom is 0.271 e. The van der Waals surface area contributed by atoms with Gasteiger partial charge in [0.1, 0.15) is 0 Å². The van der Waals surface area contributed by atoms with Crippen LogP contribution >= 0.6 is 34.8 Å². The van der Waals surface area contributed by atoms with E-state index in [1.165, 1.54) is 30.3 Å². The van der Waals surface area contributed by atoms with Crippen LogP contribution in [0, 0.1) is 0 Å². The molecule has 9 heteroatoms. The van der Waals surface area contributed by atoms with Crippen LogP contribution < -0.4 is 16.2 Å². The van der Waals surface area contributed by atoms with Crippen molar-refractivity contribution in [3.05, 3.63) is 98.5 Å². The van der Waals surface area contributed by atoms with Crippen molar-refractivity contribution < 1.29 is 14.4 Å². The summed E-state index contributed by atoms with van der Waals surface area (Å²) in [7, 11) is 0. The zero-order valence-corrected chi connectivity index (χ0v) is 17.5. The molecule has 0 spiro atoms. The van der Waals surface area contributed by atoms with Gasteiger partial charge in [-0.15, -0.1) is 0 Å². The fourth-order valence-electron chi connectivity index (χ4n) is 2.44. The molecule has 0 saturated carbocycles. The Morgan fingerprint density at radius 2 is 1.13 bits per heavy atom. The molecule has 3 aromatic rings. The van der Waals surface area contributed by atoms with Gasteiger partial charge in [-0.05, 0) is 66.7 Å². The topological polar surface area (TPSA) is 87.3 Å². The van der Waals surface area contributed by atoms with Gasteiger partial charge in [-0.25, -0.2) is 0 Å². The van der Waals surface area contributed by atoms with Crippen LogP contribution in [0.15, 0.2) is 66.7 Å². The lowest BCUT2D eigenvalue weighted by Gasteiger charge is -2.10. The van der Waals surface area contributed by atoms with Crippen molar-refractivity contribution in [1.82, 2.24) is 10.9 Å². The highest BCUT2D eigenvalue weighted by molar-refractivity contribution is 6.36. The molecule has 0 aliphatic rings. The second kappa shape index (κ2) is 9.63. The molecule has 3 N–H and O–H groups in total. The van der Waals surface area contributed by atoms with Crippen LogP contribution in [-0.2, 0) is 0 Å². The van der Waals surface area contributed by atoms with E-state index >= 15 is 0 Å². The summed E-state index contributed by atoms with van der Waals surface area (Å²) >= 11 is 17.6. The molecule has 0 aromatic heterocycles. The van der Waals surface area contributed by atoms with Crippen molar-refractivity contribution in [2.45, 2.75) is 0 Å². The second-order valence-corrected chi connectivity index (χ2v) is 7.35. The van der Waals surface area contributed by atoms with Crippen molar-refractivity contribution >= 4 is 58.2 Å². The molecule has 3 aromatic carbocycles. The minimum absolute atomic E-state index is 0.162. The Kier molecular flexibility index (Phi) is 6.95. The van der Waals surface area contributed by atoms with E-state index < -0.39 is 11.8 Å². The minimum Gasteiger partial charge on any atom is -0.322 e. The second-order valence-electron chi connectivity index (χ2n) is 6.07. The summed E-state index contributed by atoms with van der Waals surface area (Å²) in [6.45, 7) is 0. The molecule has 0 saturated heterocycles. The number of benzene rings is 3. The van der Waals surface area contributed by atoms with Gasteiger partial charge < -0.3 is 5.32 Å². The lowest BCUT2D eigenvalue weighted by atomic mass is 10.1. The van der Waals surface area contributed by atoms with Gasteiger partial charge in [0.25, 0.3) is 17.7 Å². The predicted octanol–water partition coefficient (Wildman–Crippen LogP) is 4.97. The molecule has 3 amide bonds. The fraction of sp³-hybridized carbons (Fsp3) is 0. The Hall–Kier alpha value is -3.06. The van der Waals surface area contributed by atoms with Crippen molar-refractivity contribution in [2.75, 3.05) is 5.32 Å². The van der Waals surface area contributed by atoms with Crippen molar-refractivity contribution in [2.24, 2.45) is 0 Å². The molecular formula is C21H14Cl3N3O3. The highest BCUT2D eigenvalue weighted by atomic mass is 35.5. The molecule has 0 radical (unpaired) electrons. The summed E-state index contributed by atoms with van der Waals surface area (Å²) in [6.07, 6.45) is 0. The molecular weight excluding hydrogens is 449 g/mol. The molecule has 0 heterocycles. The number of carbonyl (C=O) groups excluding carboxylic acids is 3. The number of hydrogen-bond acceptors (Lipinski definition) is 3. The van der Waals surface area contributed by atoms with E-state index in [4.69, 9.17) is 34.8 Å². The van der Waals surface area contributed by atoms with Crippen molar-refractivity contribution in [3.63, 3.8) is 0 Å². The molecule has 6 nitrogen and oxygen atoms in total. The van der Waals surface area contributed by atoms with E-state index in [-0.39, 0.29) is 22.1 Å². The third-order valence-electron chi connectivity index (χ3n) is 3.98. The Morgan fingerprint density at radius 1 is 0.600 bits per heavy atom. The first-order valence-electron chi connectivity index (χ1n) is 8.56. The molecule has 3 rings (SSSR count). The summed E-state index contributed by atoms with van der Waals surface area (Å²) < 4.78 is 0. The smallest absolute Gasteiger partial charge is 0.271 e. The van der Waals surface area contributed by atoms with Gasteiger partial charge in [-0.1, -0.05) is 34.8 Å².